The number of nitrogens with one attached hydrogen (secondary N) is 1. The van der Waals surface area contributed by atoms with Crippen LogP contribution in [0.15, 0.2) is 53.3 Å². The average molecular weight is 337 g/mol. The number of hydrogen-bond donors (Lipinski definition) is 2. The second-order valence-electron chi connectivity index (χ2n) is 4.41. The molecular formula is C15H17BrN2O2. The van der Waals surface area contributed by atoms with Crippen LogP contribution in [0.4, 0.5) is 0 Å². The van der Waals surface area contributed by atoms with Gasteiger partial charge in [0.05, 0.1) is 0 Å². The number of ether oxygens (including phenoxy) is 1. The van der Waals surface area contributed by atoms with E-state index in [1.165, 1.54) is 0 Å². The quantitative estimate of drug-likeness (QED) is 0.815. The first-order valence-electron chi connectivity index (χ1n) is 6.40. The third-order valence-electron chi connectivity index (χ3n) is 2.67. The van der Waals surface area contributed by atoms with E-state index in [0.29, 0.717) is 13.1 Å². The molecule has 1 unspecified atom stereocenters. The molecule has 20 heavy (non-hydrogen) atoms. The van der Waals surface area contributed by atoms with Gasteiger partial charge in [0.1, 0.15) is 18.5 Å². The summed E-state index contributed by atoms with van der Waals surface area (Å²) in [6.07, 6.45) is 2.99. The predicted octanol–water partition coefficient (Wildman–Crippen LogP) is 2.37. The summed E-state index contributed by atoms with van der Waals surface area (Å²) in [4.78, 5) is 4.04. The molecule has 0 saturated heterocycles. The van der Waals surface area contributed by atoms with E-state index in [-0.39, 0.29) is 6.61 Å². The summed E-state index contributed by atoms with van der Waals surface area (Å²) in [6, 6.07) is 11.4. The summed E-state index contributed by atoms with van der Waals surface area (Å²) in [6.45, 7) is 1.42. The Morgan fingerprint density at radius 3 is 2.95 bits per heavy atom. The van der Waals surface area contributed by atoms with Crippen molar-refractivity contribution in [2.24, 2.45) is 0 Å². The molecule has 0 aliphatic carbocycles. The molecule has 1 aromatic carbocycles. The Labute approximate surface area is 126 Å². The van der Waals surface area contributed by atoms with Gasteiger partial charge < -0.3 is 15.2 Å². The Morgan fingerprint density at radius 2 is 2.20 bits per heavy atom. The molecule has 0 saturated carbocycles. The van der Waals surface area contributed by atoms with Gasteiger partial charge in [-0.1, -0.05) is 28.1 Å². The van der Waals surface area contributed by atoms with Gasteiger partial charge >= 0.3 is 0 Å². The number of nitrogens with zero attached hydrogens (tertiary/aromatic N) is 1. The van der Waals surface area contributed by atoms with Gasteiger partial charge in [-0.15, -0.1) is 0 Å². The molecule has 0 aliphatic rings. The summed E-state index contributed by atoms with van der Waals surface area (Å²) >= 11 is 3.38. The van der Waals surface area contributed by atoms with Crippen molar-refractivity contribution in [2.75, 3.05) is 13.2 Å². The molecular weight excluding hydrogens is 320 g/mol. The minimum atomic E-state index is -0.550. The van der Waals surface area contributed by atoms with Crippen molar-refractivity contribution in [3.8, 4) is 5.75 Å². The van der Waals surface area contributed by atoms with E-state index in [2.05, 4.69) is 26.2 Å². The van der Waals surface area contributed by atoms with Gasteiger partial charge in [0.25, 0.3) is 0 Å². The van der Waals surface area contributed by atoms with Crippen LogP contribution in [0.5, 0.6) is 5.75 Å². The highest BCUT2D eigenvalue weighted by molar-refractivity contribution is 9.10. The van der Waals surface area contributed by atoms with E-state index in [0.717, 1.165) is 15.8 Å². The zero-order chi connectivity index (χ0) is 14.2. The molecule has 0 fully saturated rings. The fraction of sp³-hybridized carbons (Fsp3) is 0.267. The molecule has 5 heteroatoms. The standard InChI is InChI=1S/C15H17BrN2O2/c16-13-4-1-5-15(7-13)20-11-14(19)10-18-9-12-3-2-6-17-8-12/h1-8,14,18-19H,9-11H2. The first-order chi connectivity index (χ1) is 9.74. The van der Waals surface area contributed by atoms with Crippen LogP contribution in [-0.4, -0.2) is 29.3 Å². The summed E-state index contributed by atoms with van der Waals surface area (Å²) in [7, 11) is 0. The zero-order valence-electron chi connectivity index (χ0n) is 11.0. The minimum Gasteiger partial charge on any atom is -0.491 e. The lowest BCUT2D eigenvalue weighted by Crippen LogP contribution is -2.31. The Kier molecular flexibility index (Phi) is 5.98. The number of rotatable bonds is 7. The molecule has 106 valence electrons. The Hall–Kier alpha value is -1.43. The lowest BCUT2D eigenvalue weighted by atomic mass is 10.3. The number of benzene rings is 1. The maximum Gasteiger partial charge on any atom is 0.120 e. The van der Waals surface area contributed by atoms with E-state index in [9.17, 15) is 5.11 Å². The van der Waals surface area contributed by atoms with Gasteiger partial charge in [0, 0.05) is 30.0 Å². The molecule has 1 aromatic heterocycles. The highest BCUT2D eigenvalue weighted by Crippen LogP contribution is 2.17. The number of aliphatic hydroxyl groups excluding tert-OH is 1. The normalized spacial score (nSPS) is 12.1. The maximum absolute atomic E-state index is 9.84. The smallest absolute Gasteiger partial charge is 0.120 e. The average Bonchev–Trinajstić information content (AvgIpc) is 2.46. The number of pyridine rings is 1. The lowest BCUT2D eigenvalue weighted by Gasteiger charge is -2.13. The molecule has 0 bridgehead atoms. The molecule has 2 rings (SSSR count). The van der Waals surface area contributed by atoms with Gasteiger partial charge in [0.15, 0.2) is 0 Å². The van der Waals surface area contributed by atoms with Crippen LogP contribution in [0, 0.1) is 0 Å². The van der Waals surface area contributed by atoms with Crippen molar-refractivity contribution in [3.63, 3.8) is 0 Å². The molecule has 2 aromatic rings. The van der Waals surface area contributed by atoms with Crippen molar-refractivity contribution in [1.82, 2.24) is 10.3 Å². The van der Waals surface area contributed by atoms with Crippen LogP contribution in [0.25, 0.3) is 0 Å². The molecule has 1 heterocycles. The number of aromatic nitrogens is 1. The highest BCUT2D eigenvalue weighted by Gasteiger charge is 2.05. The maximum atomic E-state index is 9.84. The molecule has 0 aliphatic heterocycles. The fourth-order valence-electron chi connectivity index (χ4n) is 1.69. The summed E-state index contributed by atoms with van der Waals surface area (Å²) < 4.78 is 6.48. The molecule has 0 spiro atoms. The molecule has 1 atom stereocenters. The topological polar surface area (TPSA) is 54.4 Å². The van der Waals surface area contributed by atoms with Crippen molar-refractivity contribution >= 4 is 15.9 Å². The van der Waals surface area contributed by atoms with E-state index in [1.807, 2.05) is 36.4 Å². The number of aliphatic hydroxyl groups is 1. The van der Waals surface area contributed by atoms with Gasteiger partial charge in [-0.2, -0.15) is 0 Å². The molecule has 0 amide bonds. The van der Waals surface area contributed by atoms with Crippen LogP contribution < -0.4 is 10.1 Å². The predicted molar refractivity (Wildman–Crippen MR) is 81.6 cm³/mol. The summed E-state index contributed by atoms with van der Waals surface area (Å²) in [5.74, 6) is 0.741. The van der Waals surface area contributed by atoms with Crippen LogP contribution in [0.3, 0.4) is 0 Å². The number of halogens is 1. The molecule has 2 N–H and O–H groups in total. The monoisotopic (exact) mass is 336 g/mol. The third kappa shape index (κ3) is 5.28. The summed E-state index contributed by atoms with van der Waals surface area (Å²) in [5.41, 5.74) is 1.09. The first-order valence-corrected chi connectivity index (χ1v) is 7.19. The Balaban J connectivity index is 1.67. The van der Waals surface area contributed by atoms with Crippen LogP contribution in [-0.2, 0) is 6.54 Å². The van der Waals surface area contributed by atoms with Gasteiger partial charge in [0.2, 0.25) is 0 Å². The highest BCUT2D eigenvalue weighted by atomic mass is 79.9. The largest absolute Gasteiger partial charge is 0.491 e. The van der Waals surface area contributed by atoms with Crippen LogP contribution in [0.1, 0.15) is 5.56 Å². The minimum absolute atomic E-state index is 0.260. The van der Waals surface area contributed by atoms with Crippen LogP contribution in [0.2, 0.25) is 0 Å². The van der Waals surface area contributed by atoms with Gasteiger partial charge in [-0.05, 0) is 29.8 Å². The van der Waals surface area contributed by atoms with E-state index >= 15 is 0 Å². The van der Waals surface area contributed by atoms with Crippen molar-refractivity contribution < 1.29 is 9.84 Å². The van der Waals surface area contributed by atoms with Crippen LogP contribution >= 0.6 is 15.9 Å². The molecule has 0 radical (unpaired) electrons. The lowest BCUT2D eigenvalue weighted by molar-refractivity contribution is 0.106. The van der Waals surface area contributed by atoms with Gasteiger partial charge in [-0.3, -0.25) is 4.98 Å². The second kappa shape index (κ2) is 7.99. The van der Waals surface area contributed by atoms with E-state index < -0.39 is 6.10 Å². The zero-order valence-corrected chi connectivity index (χ0v) is 12.6. The van der Waals surface area contributed by atoms with E-state index in [1.54, 1.807) is 12.4 Å². The van der Waals surface area contributed by atoms with Crippen molar-refractivity contribution in [3.05, 3.63) is 58.8 Å². The van der Waals surface area contributed by atoms with E-state index in [4.69, 9.17) is 4.74 Å². The summed E-state index contributed by atoms with van der Waals surface area (Å²) in [5, 5.41) is 13.0. The van der Waals surface area contributed by atoms with Crippen molar-refractivity contribution in [2.45, 2.75) is 12.6 Å². The first kappa shape index (κ1) is 15.0. The number of hydrogen-bond acceptors (Lipinski definition) is 4. The Morgan fingerprint density at radius 1 is 1.30 bits per heavy atom. The van der Waals surface area contributed by atoms with Gasteiger partial charge in [-0.25, -0.2) is 0 Å². The van der Waals surface area contributed by atoms with Crippen molar-refractivity contribution in [1.29, 1.82) is 0 Å². The third-order valence-corrected chi connectivity index (χ3v) is 3.16. The second-order valence-corrected chi connectivity index (χ2v) is 5.33. The SMILES string of the molecule is OC(CNCc1cccnc1)COc1cccc(Br)c1. The molecule has 4 nitrogen and oxygen atoms in total. The fourth-order valence-corrected chi connectivity index (χ4v) is 2.07. The Bertz CT molecular complexity index is 522.